The minimum Gasteiger partial charge on any atom is -0.480 e. The minimum atomic E-state index is -0.993. The number of hydrogen-bond donors (Lipinski definition) is 4. The van der Waals surface area contributed by atoms with Crippen LogP contribution in [-0.2, 0) is 4.79 Å². The van der Waals surface area contributed by atoms with Crippen LogP contribution >= 0.6 is 0 Å². The fourth-order valence-electron chi connectivity index (χ4n) is 0.682. The fraction of sp³-hybridized carbons (Fsp3) is 0.778. The summed E-state index contributed by atoms with van der Waals surface area (Å²) in [7, 11) is 1.44. The molecule has 0 fully saturated rings. The summed E-state index contributed by atoms with van der Waals surface area (Å²) < 4.78 is 0. The molecule has 0 spiro atoms. The Morgan fingerprint density at radius 2 is 2.00 bits per heavy atom. The molecule has 0 aromatic carbocycles. The normalized spacial score (nSPS) is 8.73. The van der Waals surface area contributed by atoms with Gasteiger partial charge in [-0.2, -0.15) is 0 Å². The summed E-state index contributed by atoms with van der Waals surface area (Å²) in [6.45, 7) is 2.80. The predicted molar refractivity (Wildman–Crippen MR) is 60.8 cm³/mol. The average Bonchev–Trinajstić information content (AvgIpc) is 2.14. The van der Waals surface area contributed by atoms with Crippen molar-refractivity contribution in [3.8, 4) is 0 Å². The van der Waals surface area contributed by atoms with Gasteiger partial charge in [-0.25, -0.2) is 0 Å². The van der Waals surface area contributed by atoms with Gasteiger partial charge in [0.1, 0.15) is 6.54 Å². The number of rotatable bonds is 5. The second-order valence-electron chi connectivity index (χ2n) is 3.13. The van der Waals surface area contributed by atoms with E-state index in [0.717, 1.165) is 11.4 Å². The molecule has 0 saturated carbocycles. The van der Waals surface area contributed by atoms with Crippen molar-refractivity contribution in [1.82, 2.24) is 4.90 Å². The van der Waals surface area contributed by atoms with Gasteiger partial charge in [-0.05, 0) is 13.0 Å². The van der Waals surface area contributed by atoms with Gasteiger partial charge in [-0.1, -0.05) is 19.8 Å². The van der Waals surface area contributed by atoms with Crippen LogP contribution in [0.25, 0.3) is 0 Å². The van der Waals surface area contributed by atoms with Crippen LogP contribution in [0.1, 0.15) is 26.2 Å². The molecular formula is C9H22N4O2. The van der Waals surface area contributed by atoms with Crippen LogP contribution in [0.2, 0.25) is 0 Å². The van der Waals surface area contributed by atoms with E-state index in [1.807, 2.05) is 0 Å². The van der Waals surface area contributed by atoms with Crippen LogP contribution in [0.5, 0.6) is 0 Å². The maximum atomic E-state index is 9.92. The van der Waals surface area contributed by atoms with Crippen molar-refractivity contribution < 1.29 is 9.90 Å². The molecule has 90 valence electrons. The van der Waals surface area contributed by atoms with Crippen LogP contribution in [0.3, 0.4) is 0 Å². The number of nitrogens with two attached hydrogens (primary N) is 2. The van der Waals surface area contributed by atoms with E-state index in [9.17, 15) is 4.79 Å². The summed E-state index contributed by atoms with van der Waals surface area (Å²) in [5.74, 6) is -1.23. The number of carboxylic acids is 1. The van der Waals surface area contributed by atoms with Crippen molar-refractivity contribution in [1.29, 1.82) is 5.41 Å². The Hall–Kier alpha value is -1.30. The van der Waals surface area contributed by atoms with Gasteiger partial charge in [0.25, 0.3) is 0 Å². The Morgan fingerprint density at radius 1 is 1.47 bits per heavy atom. The standard InChI is InChI=1S/C5H13N.C4H9N3O2/c1-2-3-4-5-6;1-7(4(5)6)2-3(8)9/h2-6H2,1H3;2H2,1H3,(H3,5,6)(H,8,9). The van der Waals surface area contributed by atoms with Crippen LogP contribution in [0.15, 0.2) is 0 Å². The van der Waals surface area contributed by atoms with Crippen molar-refractivity contribution in [2.75, 3.05) is 20.1 Å². The molecule has 0 amide bonds. The van der Waals surface area contributed by atoms with E-state index in [-0.39, 0.29) is 12.5 Å². The summed E-state index contributed by atoms with van der Waals surface area (Å²) in [5.41, 5.74) is 10.1. The number of guanidine groups is 1. The first-order valence-electron chi connectivity index (χ1n) is 4.92. The molecule has 0 atom stereocenters. The fourth-order valence-corrected chi connectivity index (χ4v) is 0.682. The number of likely N-dealkylation sites (N-methyl/N-ethyl adjacent to an activating group) is 1. The first kappa shape index (κ1) is 16.1. The molecule has 0 aromatic rings. The lowest BCUT2D eigenvalue weighted by Crippen LogP contribution is -2.36. The van der Waals surface area contributed by atoms with Crippen molar-refractivity contribution in [2.45, 2.75) is 26.2 Å². The molecule has 0 bridgehead atoms. The lowest BCUT2D eigenvalue weighted by Gasteiger charge is -2.12. The van der Waals surface area contributed by atoms with Gasteiger partial charge >= 0.3 is 5.97 Å². The van der Waals surface area contributed by atoms with Gasteiger partial charge in [0.15, 0.2) is 5.96 Å². The highest BCUT2D eigenvalue weighted by Crippen LogP contribution is 1.88. The summed E-state index contributed by atoms with van der Waals surface area (Å²) in [6, 6.07) is 0. The first-order chi connectivity index (χ1) is 6.95. The second kappa shape index (κ2) is 10.8. The van der Waals surface area contributed by atoms with E-state index in [1.54, 1.807) is 0 Å². The number of hydrogen-bond acceptors (Lipinski definition) is 3. The molecule has 0 heterocycles. The van der Waals surface area contributed by atoms with Crippen LogP contribution < -0.4 is 11.5 Å². The highest BCUT2D eigenvalue weighted by Gasteiger charge is 2.03. The van der Waals surface area contributed by atoms with Gasteiger partial charge in [0, 0.05) is 7.05 Å². The SMILES string of the molecule is CCCCCN.CN(CC(=O)O)C(=N)N. The van der Waals surface area contributed by atoms with Crippen molar-refractivity contribution in [2.24, 2.45) is 11.5 Å². The van der Waals surface area contributed by atoms with Crippen LogP contribution in [-0.4, -0.2) is 42.1 Å². The quantitative estimate of drug-likeness (QED) is 0.295. The van der Waals surface area contributed by atoms with Crippen LogP contribution in [0.4, 0.5) is 0 Å². The highest BCUT2D eigenvalue weighted by molar-refractivity contribution is 5.79. The molecule has 0 rings (SSSR count). The number of nitrogens with one attached hydrogen (secondary N) is 1. The van der Waals surface area contributed by atoms with Gasteiger partial charge in [-0.3, -0.25) is 10.2 Å². The Balaban J connectivity index is 0. The lowest BCUT2D eigenvalue weighted by atomic mass is 10.3. The zero-order chi connectivity index (χ0) is 12.3. The number of aliphatic carboxylic acids is 1. The number of nitrogens with zero attached hydrogens (tertiary/aromatic N) is 1. The van der Waals surface area contributed by atoms with Crippen LogP contribution in [0, 0.1) is 5.41 Å². The third kappa shape index (κ3) is 15.5. The summed E-state index contributed by atoms with van der Waals surface area (Å²) in [6.07, 6.45) is 3.75. The third-order valence-electron chi connectivity index (χ3n) is 1.59. The maximum absolute atomic E-state index is 9.92. The van der Waals surface area contributed by atoms with E-state index in [0.29, 0.717) is 0 Å². The Kier molecular flexibility index (Phi) is 11.6. The lowest BCUT2D eigenvalue weighted by molar-refractivity contribution is -0.137. The van der Waals surface area contributed by atoms with Gasteiger partial charge in [-0.15, -0.1) is 0 Å². The third-order valence-corrected chi connectivity index (χ3v) is 1.59. The topological polar surface area (TPSA) is 116 Å². The number of carboxylic acid groups (broad SMARTS) is 1. The van der Waals surface area contributed by atoms with Crippen molar-refractivity contribution >= 4 is 11.9 Å². The van der Waals surface area contributed by atoms with E-state index in [2.05, 4.69) is 6.92 Å². The van der Waals surface area contributed by atoms with E-state index in [1.165, 1.54) is 26.3 Å². The maximum Gasteiger partial charge on any atom is 0.323 e. The molecule has 0 saturated heterocycles. The zero-order valence-electron chi connectivity index (χ0n) is 9.49. The minimum absolute atomic E-state index is 0.227. The molecule has 6 N–H and O–H groups in total. The molecule has 0 aliphatic heterocycles. The summed E-state index contributed by atoms with van der Waals surface area (Å²) in [5, 5.41) is 14.9. The molecular weight excluding hydrogens is 196 g/mol. The largest absolute Gasteiger partial charge is 0.480 e. The average molecular weight is 218 g/mol. The Labute approximate surface area is 90.7 Å². The van der Waals surface area contributed by atoms with E-state index >= 15 is 0 Å². The van der Waals surface area contributed by atoms with Gasteiger partial charge in [0.2, 0.25) is 0 Å². The first-order valence-corrected chi connectivity index (χ1v) is 4.92. The molecule has 0 radical (unpaired) electrons. The number of unbranched alkanes of at least 4 members (excludes halogenated alkanes) is 2. The smallest absolute Gasteiger partial charge is 0.323 e. The molecule has 0 aliphatic rings. The molecule has 0 unspecified atom stereocenters. The predicted octanol–water partition coefficient (Wildman–Crippen LogP) is 0.0316. The Morgan fingerprint density at radius 3 is 2.13 bits per heavy atom. The Bertz CT molecular complexity index is 181. The molecule has 6 heteroatoms. The molecule has 0 aromatic heterocycles. The van der Waals surface area contributed by atoms with E-state index in [4.69, 9.17) is 22.0 Å². The second-order valence-corrected chi connectivity index (χ2v) is 3.13. The van der Waals surface area contributed by atoms with E-state index < -0.39 is 5.97 Å². The molecule has 6 nitrogen and oxygen atoms in total. The monoisotopic (exact) mass is 218 g/mol. The summed E-state index contributed by atoms with van der Waals surface area (Å²) in [4.78, 5) is 11.0. The number of carbonyl (C=O) groups is 1. The highest BCUT2D eigenvalue weighted by atomic mass is 16.4. The van der Waals surface area contributed by atoms with Crippen molar-refractivity contribution in [3.63, 3.8) is 0 Å². The van der Waals surface area contributed by atoms with Gasteiger partial charge in [0.05, 0.1) is 0 Å². The molecule has 0 aliphatic carbocycles. The summed E-state index contributed by atoms with van der Waals surface area (Å²) >= 11 is 0. The zero-order valence-corrected chi connectivity index (χ0v) is 9.49. The molecule has 15 heavy (non-hydrogen) atoms. The van der Waals surface area contributed by atoms with Gasteiger partial charge < -0.3 is 21.5 Å². The van der Waals surface area contributed by atoms with Crippen molar-refractivity contribution in [3.05, 3.63) is 0 Å².